The van der Waals surface area contributed by atoms with Crippen LogP contribution in [-0.4, -0.2) is 55.2 Å². The number of rotatable bonds is 6. The summed E-state index contributed by atoms with van der Waals surface area (Å²) in [7, 11) is 0. The molecule has 4 atom stereocenters. The number of hydrogen-bond acceptors (Lipinski definition) is 5. The number of halogens is 4. The summed E-state index contributed by atoms with van der Waals surface area (Å²) in [5.41, 5.74) is 1.12. The van der Waals surface area contributed by atoms with Crippen LogP contribution < -0.4 is 10.6 Å². The Morgan fingerprint density at radius 1 is 0.891 bits per heavy atom. The highest BCUT2D eigenvalue weighted by Gasteiger charge is 2.51. The Bertz CT molecular complexity index is 1570. The summed E-state index contributed by atoms with van der Waals surface area (Å²) in [6.07, 6.45) is -2.51. The Kier molecular flexibility index (Phi) is 9.07. The third kappa shape index (κ3) is 6.48. The molecule has 3 aliphatic rings. The molecule has 3 saturated heterocycles. The average molecular weight is 640 g/mol. The minimum atomic E-state index is -4.59. The van der Waals surface area contributed by atoms with Crippen LogP contribution >= 0.6 is 0 Å². The van der Waals surface area contributed by atoms with Crippen LogP contribution in [-0.2, 0) is 20.4 Å². The van der Waals surface area contributed by atoms with E-state index in [2.05, 4.69) is 10.6 Å². The number of nitrogens with one attached hydrogen (secondary N) is 2. The van der Waals surface area contributed by atoms with Crippen molar-refractivity contribution in [3.05, 3.63) is 94.3 Å². The molecule has 2 amide bonds. The van der Waals surface area contributed by atoms with Gasteiger partial charge in [-0.25, -0.2) is 4.39 Å². The Morgan fingerprint density at radius 3 is 2.30 bits per heavy atom. The maximum atomic E-state index is 15.2. The smallest absolute Gasteiger partial charge is 0.382 e. The number of piperidine rings is 1. The molecule has 3 aromatic rings. The fourth-order valence-electron chi connectivity index (χ4n) is 7.02. The third-order valence-corrected chi connectivity index (χ3v) is 9.42. The summed E-state index contributed by atoms with van der Waals surface area (Å²) in [5.74, 6) is -2.83. The van der Waals surface area contributed by atoms with E-state index in [9.17, 15) is 22.8 Å². The van der Waals surface area contributed by atoms with Crippen LogP contribution in [0.5, 0.6) is 0 Å². The quantitative estimate of drug-likeness (QED) is 0.287. The van der Waals surface area contributed by atoms with Crippen molar-refractivity contribution in [2.45, 2.75) is 57.4 Å². The maximum absolute atomic E-state index is 15.2. The molecule has 244 valence electrons. The molecule has 46 heavy (non-hydrogen) atoms. The van der Waals surface area contributed by atoms with Crippen LogP contribution in [0.25, 0.3) is 0 Å². The van der Waals surface area contributed by atoms with E-state index in [1.807, 2.05) is 24.3 Å². The summed E-state index contributed by atoms with van der Waals surface area (Å²) in [6.45, 7) is 4.91. The fraction of sp³-hybridized carbons (Fsp3) is 0.429. The Hall–Kier alpha value is -3.96. The standard InChI is InChI=1S/C35H37F4N3O4/c1-20-6-9-26(17-28(20)35(37,38)39)41-33(43)27-16-23-18-46-19-30(23)42(34(44)31-21(2)4-3-5-29(31)36)32(27)22-7-10-24(11-8-22)40-25-12-14-45-15-13-25/h3-11,17,23,25,27,30,32,40H,12-16,18-19H2,1-2H3,(H,41,43). The average Bonchev–Trinajstić information content (AvgIpc) is 3.50. The zero-order valence-electron chi connectivity index (χ0n) is 25.7. The van der Waals surface area contributed by atoms with Gasteiger partial charge in [-0.1, -0.05) is 30.3 Å². The monoisotopic (exact) mass is 639 g/mol. The zero-order valence-corrected chi connectivity index (χ0v) is 25.7. The number of benzene rings is 3. The minimum Gasteiger partial charge on any atom is -0.382 e. The van der Waals surface area contributed by atoms with Crippen molar-refractivity contribution in [1.82, 2.24) is 4.90 Å². The van der Waals surface area contributed by atoms with Crippen molar-refractivity contribution in [3.8, 4) is 0 Å². The summed E-state index contributed by atoms with van der Waals surface area (Å²) < 4.78 is 67.6. The number of alkyl halides is 3. The fourth-order valence-corrected chi connectivity index (χ4v) is 7.02. The second-order valence-corrected chi connectivity index (χ2v) is 12.5. The molecule has 3 heterocycles. The molecule has 2 N–H and O–H groups in total. The minimum absolute atomic E-state index is 0.00491. The van der Waals surface area contributed by atoms with E-state index >= 15 is 4.39 Å². The van der Waals surface area contributed by atoms with Gasteiger partial charge in [0.2, 0.25) is 5.91 Å². The first-order valence-corrected chi connectivity index (χ1v) is 15.6. The van der Waals surface area contributed by atoms with Crippen LogP contribution in [0, 0.1) is 31.5 Å². The van der Waals surface area contributed by atoms with E-state index in [0.717, 1.165) is 24.6 Å². The second kappa shape index (κ2) is 13.0. The van der Waals surface area contributed by atoms with E-state index in [4.69, 9.17) is 9.47 Å². The zero-order chi connectivity index (χ0) is 32.6. The molecule has 0 saturated carbocycles. The van der Waals surface area contributed by atoms with E-state index < -0.39 is 47.4 Å². The van der Waals surface area contributed by atoms with E-state index in [1.54, 1.807) is 17.9 Å². The molecular formula is C35H37F4N3O4. The molecule has 0 radical (unpaired) electrons. The second-order valence-electron chi connectivity index (χ2n) is 12.5. The third-order valence-electron chi connectivity index (χ3n) is 9.42. The Morgan fingerprint density at radius 2 is 1.61 bits per heavy atom. The van der Waals surface area contributed by atoms with Gasteiger partial charge < -0.3 is 25.0 Å². The lowest BCUT2D eigenvalue weighted by atomic mass is 9.76. The van der Waals surface area contributed by atoms with Gasteiger partial charge in [0.15, 0.2) is 0 Å². The van der Waals surface area contributed by atoms with Crippen LogP contribution in [0.15, 0.2) is 60.7 Å². The summed E-state index contributed by atoms with van der Waals surface area (Å²) >= 11 is 0. The summed E-state index contributed by atoms with van der Waals surface area (Å²) in [4.78, 5) is 30.0. The number of nitrogens with zero attached hydrogens (tertiary/aromatic N) is 1. The van der Waals surface area contributed by atoms with E-state index in [-0.39, 0.29) is 35.4 Å². The highest BCUT2D eigenvalue weighted by molar-refractivity contribution is 5.98. The summed E-state index contributed by atoms with van der Waals surface area (Å²) in [5, 5.41) is 6.21. The number of carbonyl (C=O) groups is 2. The molecule has 0 aliphatic carbocycles. The molecule has 0 spiro atoms. The lowest BCUT2D eigenvalue weighted by molar-refractivity contribution is -0.138. The highest BCUT2D eigenvalue weighted by atomic mass is 19.4. The normalized spacial score (nSPS) is 23.6. The van der Waals surface area contributed by atoms with Crippen LogP contribution in [0.2, 0.25) is 0 Å². The lowest BCUT2D eigenvalue weighted by Crippen LogP contribution is -2.55. The van der Waals surface area contributed by atoms with Gasteiger partial charge in [0.05, 0.1) is 42.3 Å². The molecule has 6 rings (SSSR count). The highest BCUT2D eigenvalue weighted by Crippen LogP contribution is 2.46. The van der Waals surface area contributed by atoms with Gasteiger partial charge in [-0.15, -0.1) is 0 Å². The molecule has 3 aliphatic heterocycles. The number of likely N-dealkylation sites (tertiary alicyclic amines) is 1. The first-order chi connectivity index (χ1) is 22.0. The van der Waals surface area contributed by atoms with Crippen molar-refractivity contribution >= 4 is 23.2 Å². The summed E-state index contributed by atoms with van der Waals surface area (Å²) in [6, 6.07) is 14.6. The molecule has 3 aromatic carbocycles. The number of fused-ring (bicyclic) bond motifs is 1. The number of carbonyl (C=O) groups excluding carboxylic acids is 2. The van der Waals surface area contributed by atoms with Gasteiger partial charge in [0.25, 0.3) is 5.91 Å². The van der Waals surface area contributed by atoms with Gasteiger partial charge in [-0.2, -0.15) is 13.2 Å². The van der Waals surface area contributed by atoms with Gasteiger partial charge in [-0.3, -0.25) is 9.59 Å². The first-order valence-electron chi connectivity index (χ1n) is 15.6. The largest absolute Gasteiger partial charge is 0.416 e. The maximum Gasteiger partial charge on any atom is 0.416 e. The first kappa shape index (κ1) is 32.0. The van der Waals surface area contributed by atoms with E-state index in [1.165, 1.54) is 31.2 Å². The van der Waals surface area contributed by atoms with Gasteiger partial charge in [-0.05, 0) is 80.1 Å². The molecule has 0 aromatic heterocycles. The van der Waals surface area contributed by atoms with Crippen molar-refractivity contribution in [2.75, 3.05) is 37.1 Å². The Balaban J connectivity index is 1.38. The number of amides is 2. The van der Waals surface area contributed by atoms with Crippen LogP contribution in [0.4, 0.5) is 28.9 Å². The van der Waals surface area contributed by atoms with Crippen molar-refractivity contribution in [1.29, 1.82) is 0 Å². The SMILES string of the molecule is Cc1ccc(NC(=O)C2CC3COCC3N(C(=O)c3c(C)cccc3F)C2c2ccc(NC3CCOCC3)cc2)cc1C(F)(F)F. The molecule has 3 fully saturated rings. The molecular weight excluding hydrogens is 602 g/mol. The van der Waals surface area contributed by atoms with Crippen LogP contribution in [0.1, 0.15) is 57.9 Å². The lowest BCUT2D eigenvalue weighted by Gasteiger charge is -2.47. The predicted molar refractivity (Wildman–Crippen MR) is 165 cm³/mol. The number of anilines is 2. The van der Waals surface area contributed by atoms with Crippen molar-refractivity contribution < 1.29 is 36.6 Å². The molecule has 11 heteroatoms. The van der Waals surface area contributed by atoms with Crippen molar-refractivity contribution in [3.63, 3.8) is 0 Å². The Labute approximate surface area is 265 Å². The topological polar surface area (TPSA) is 79.9 Å². The van der Waals surface area contributed by atoms with Gasteiger partial charge in [0, 0.05) is 36.5 Å². The van der Waals surface area contributed by atoms with E-state index in [0.29, 0.717) is 37.4 Å². The number of ether oxygens (including phenoxy) is 2. The van der Waals surface area contributed by atoms with Crippen molar-refractivity contribution in [2.24, 2.45) is 11.8 Å². The van der Waals surface area contributed by atoms with Gasteiger partial charge in [0.1, 0.15) is 5.82 Å². The van der Waals surface area contributed by atoms with Crippen LogP contribution in [0.3, 0.4) is 0 Å². The molecule has 0 bridgehead atoms. The number of hydrogen-bond donors (Lipinski definition) is 2. The number of aryl methyl sites for hydroxylation is 2. The molecule has 7 nitrogen and oxygen atoms in total. The predicted octanol–water partition coefficient (Wildman–Crippen LogP) is 6.91. The molecule has 4 unspecified atom stereocenters. The van der Waals surface area contributed by atoms with Gasteiger partial charge >= 0.3 is 6.18 Å².